The Morgan fingerprint density at radius 3 is 2.69 bits per heavy atom. The Morgan fingerprint density at radius 1 is 1.21 bits per heavy atom. The summed E-state index contributed by atoms with van der Waals surface area (Å²) in [7, 11) is 0. The summed E-state index contributed by atoms with van der Waals surface area (Å²) in [6.07, 6.45) is 0.166. The first-order chi connectivity index (χ1) is 14.0. The maximum Gasteiger partial charge on any atom is 0.311 e. The monoisotopic (exact) mass is 428 g/mol. The summed E-state index contributed by atoms with van der Waals surface area (Å²) in [6.45, 7) is 6.92. The number of ether oxygens (including phenoxy) is 1. The Balaban J connectivity index is 1.62. The molecule has 2 heterocycles. The number of rotatable bonds is 9. The second kappa shape index (κ2) is 9.89. The Morgan fingerprint density at radius 2 is 1.97 bits per heavy atom. The minimum atomic E-state index is -0.281. The number of benzene rings is 1. The number of aromatic nitrogens is 2. The SMILES string of the molecule is CCOC(=O)Cc1csc(SCC(=O)c2cc(C)n(Cc3ccccc3)c2C)n1. The van der Waals surface area contributed by atoms with Crippen molar-refractivity contribution >= 4 is 34.9 Å². The molecule has 0 aliphatic rings. The van der Waals surface area contributed by atoms with Crippen molar-refractivity contribution in [1.82, 2.24) is 9.55 Å². The molecule has 0 spiro atoms. The van der Waals surface area contributed by atoms with Crippen molar-refractivity contribution in [2.45, 2.75) is 38.1 Å². The third-order valence-corrected chi connectivity index (χ3v) is 6.62. The molecule has 7 heteroatoms. The molecule has 0 unspecified atom stereocenters. The molecule has 0 amide bonds. The zero-order valence-electron chi connectivity index (χ0n) is 16.8. The third-order valence-electron chi connectivity index (χ3n) is 4.55. The van der Waals surface area contributed by atoms with Crippen LogP contribution in [0.15, 0.2) is 46.1 Å². The van der Waals surface area contributed by atoms with Crippen molar-refractivity contribution in [3.05, 3.63) is 70.0 Å². The van der Waals surface area contributed by atoms with Crippen molar-refractivity contribution in [1.29, 1.82) is 0 Å². The second-order valence-electron chi connectivity index (χ2n) is 6.65. The van der Waals surface area contributed by atoms with Gasteiger partial charge in [0, 0.05) is 28.9 Å². The van der Waals surface area contributed by atoms with Crippen LogP contribution in [-0.2, 0) is 22.5 Å². The van der Waals surface area contributed by atoms with E-state index >= 15 is 0 Å². The van der Waals surface area contributed by atoms with Crippen LogP contribution in [0.3, 0.4) is 0 Å². The first-order valence-electron chi connectivity index (χ1n) is 9.44. The van der Waals surface area contributed by atoms with E-state index in [1.807, 2.05) is 43.5 Å². The van der Waals surface area contributed by atoms with E-state index in [-0.39, 0.29) is 18.2 Å². The normalized spacial score (nSPS) is 10.9. The molecule has 152 valence electrons. The standard InChI is InChI=1S/C22H24N2O3S2/c1-4-27-21(26)11-18-13-28-22(23-18)29-14-20(25)19-10-15(2)24(16(19)3)12-17-8-6-5-7-9-17/h5-10,13H,4,11-12,14H2,1-3H3. The lowest BCUT2D eigenvalue weighted by Gasteiger charge is -2.10. The van der Waals surface area contributed by atoms with Gasteiger partial charge >= 0.3 is 5.97 Å². The molecule has 0 N–H and O–H groups in total. The van der Waals surface area contributed by atoms with Gasteiger partial charge in [0.1, 0.15) is 0 Å². The van der Waals surface area contributed by atoms with Gasteiger partial charge in [0.05, 0.1) is 24.5 Å². The maximum atomic E-state index is 12.8. The Labute approximate surface area is 179 Å². The fraction of sp³-hybridized carbons (Fsp3) is 0.318. The van der Waals surface area contributed by atoms with E-state index in [4.69, 9.17) is 4.74 Å². The number of hydrogen-bond donors (Lipinski definition) is 0. The number of aryl methyl sites for hydroxylation is 1. The molecule has 3 rings (SSSR count). The highest BCUT2D eigenvalue weighted by Crippen LogP contribution is 2.25. The van der Waals surface area contributed by atoms with Gasteiger partial charge in [-0.05, 0) is 32.4 Å². The average molecular weight is 429 g/mol. The summed E-state index contributed by atoms with van der Waals surface area (Å²) in [5, 5.41) is 1.84. The summed E-state index contributed by atoms with van der Waals surface area (Å²) in [5.74, 6) is 0.128. The molecular formula is C22H24N2O3S2. The summed E-state index contributed by atoms with van der Waals surface area (Å²) in [6, 6.07) is 12.2. The van der Waals surface area contributed by atoms with Crippen molar-refractivity contribution in [2.24, 2.45) is 0 Å². The topological polar surface area (TPSA) is 61.2 Å². The minimum absolute atomic E-state index is 0.0876. The lowest BCUT2D eigenvalue weighted by atomic mass is 10.2. The molecule has 1 aromatic carbocycles. The van der Waals surface area contributed by atoms with Crippen LogP contribution in [0, 0.1) is 13.8 Å². The number of thioether (sulfide) groups is 1. The molecule has 0 saturated heterocycles. The number of esters is 1. The quantitative estimate of drug-likeness (QED) is 0.281. The molecule has 0 bridgehead atoms. The number of thiazole rings is 1. The van der Waals surface area contributed by atoms with Crippen molar-refractivity contribution in [2.75, 3.05) is 12.4 Å². The van der Waals surface area contributed by atoms with Crippen LogP contribution in [0.2, 0.25) is 0 Å². The van der Waals surface area contributed by atoms with Crippen LogP contribution in [0.1, 0.15) is 39.9 Å². The van der Waals surface area contributed by atoms with Crippen molar-refractivity contribution in [3.8, 4) is 0 Å². The highest BCUT2D eigenvalue weighted by atomic mass is 32.2. The molecule has 0 radical (unpaired) electrons. The molecule has 3 aromatic rings. The highest BCUT2D eigenvalue weighted by molar-refractivity contribution is 8.01. The first-order valence-corrected chi connectivity index (χ1v) is 11.3. The van der Waals surface area contributed by atoms with Gasteiger partial charge in [-0.25, -0.2) is 4.98 Å². The Bertz CT molecular complexity index is 993. The van der Waals surface area contributed by atoms with Gasteiger partial charge in [0.2, 0.25) is 0 Å². The van der Waals surface area contributed by atoms with Crippen LogP contribution in [-0.4, -0.2) is 33.7 Å². The number of nitrogens with zero attached hydrogens (tertiary/aromatic N) is 2. The Kier molecular flexibility index (Phi) is 7.28. The molecule has 0 fully saturated rings. The van der Waals surface area contributed by atoms with E-state index in [0.29, 0.717) is 18.1 Å². The summed E-state index contributed by atoms with van der Waals surface area (Å²) < 4.78 is 7.91. The zero-order chi connectivity index (χ0) is 20.8. The Hall–Kier alpha value is -2.38. The fourth-order valence-electron chi connectivity index (χ4n) is 3.09. The van der Waals surface area contributed by atoms with Gasteiger partial charge in [-0.2, -0.15) is 0 Å². The van der Waals surface area contributed by atoms with Crippen LogP contribution in [0.5, 0.6) is 0 Å². The van der Waals surface area contributed by atoms with E-state index in [1.165, 1.54) is 28.7 Å². The van der Waals surface area contributed by atoms with Gasteiger partial charge in [-0.1, -0.05) is 42.1 Å². The molecule has 0 atom stereocenters. The van der Waals surface area contributed by atoms with Crippen LogP contribution >= 0.6 is 23.1 Å². The maximum absolute atomic E-state index is 12.8. The van der Waals surface area contributed by atoms with E-state index < -0.39 is 0 Å². The minimum Gasteiger partial charge on any atom is -0.466 e. The second-order valence-corrected chi connectivity index (χ2v) is 8.74. The molecular weight excluding hydrogens is 404 g/mol. The predicted octanol–water partition coefficient (Wildman–Crippen LogP) is 4.69. The van der Waals surface area contributed by atoms with Gasteiger partial charge in [0.15, 0.2) is 10.1 Å². The fourth-order valence-corrected chi connectivity index (χ4v) is 4.82. The number of carbonyl (C=O) groups excluding carboxylic acids is 2. The number of Topliss-reactive ketones (excluding diaryl/α,β-unsaturated/α-hetero) is 1. The van der Waals surface area contributed by atoms with Crippen LogP contribution < -0.4 is 0 Å². The average Bonchev–Trinajstić information content (AvgIpc) is 3.26. The summed E-state index contributed by atoms with van der Waals surface area (Å²) >= 11 is 2.86. The van der Waals surface area contributed by atoms with Crippen LogP contribution in [0.25, 0.3) is 0 Å². The zero-order valence-corrected chi connectivity index (χ0v) is 18.4. The van der Waals surface area contributed by atoms with Gasteiger partial charge < -0.3 is 9.30 Å². The summed E-state index contributed by atoms with van der Waals surface area (Å²) in [4.78, 5) is 28.8. The van der Waals surface area contributed by atoms with Crippen LogP contribution in [0.4, 0.5) is 0 Å². The molecule has 0 aliphatic carbocycles. The molecule has 29 heavy (non-hydrogen) atoms. The number of hydrogen-bond acceptors (Lipinski definition) is 6. The van der Waals surface area contributed by atoms with Crippen molar-refractivity contribution < 1.29 is 14.3 Å². The number of ketones is 1. The number of carbonyl (C=O) groups is 2. The van der Waals surface area contributed by atoms with Gasteiger partial charge in [0.25, 0.3) is 0 Å². The van der Waals surface area contributed by atoms with Gasteiger partial charge in [-0.3, -0.25) is 9.59 Å². The predicted molar refractivity (Wildman–Crippen MR) is 117 cm³/mol. The largest absolute Gasteiger partial charge is 0.466 e. The lowest BCUT2D eigenvalue weighted by molar-refractivity contribution is -0.142. The summed E-state index contributed by atoms with van der Waals surface area (Å²) in [5.41, 5.74) is 4.71. The van der Waals surface area contributed by atoms with E-state index in [2.05, 4.69) is 21.7 Å². The lowest BCUT2D eigenvalue weighted by Crippen LogP contribution is -2.08. The highest BCUT2D eigenvalue weighted by Gasteiger charge is 2.17. The molecule has 5 nitrogen and oxygen atoms in total. The van der Waals surface area contributed by atoms with E-state index in [1.54, 1.807) is 6.92 Å². The molecule has 0 saturated carbocycles. The molecule has 2 aromatic heterocycles. The van der Waals surface area contributed by atoms with E-state index in [0.717, 1.165) is 27.8 Å². The van der Waals surface area contributed by atoms with E-state index in [9.17, 15) is 9.59 Å². The first kappa shape index (κ1) is 21.3. The van der Waals surface area contributed by atoms with Crippen molar-refractivity contribution in [3.63, 3.8) is 0 Å². The van der Waals surface area contributed by atoms with Gasteiger partial charge in [-0.15, -0.1) is 11.3 Å². The molecule has 0 aliphatic heterocycles. The third kappa shape index (κ3) is 5.58. The smallest absolute Gasteiger partial charge is 0.311 e.